The van der Waals surface area contributed by atoms with Crippen LogP contribution in [-0.4, -0.2) is 56.4 Å². The smallest absolute Gasteiger partial charge is 0.119 e. The highest BCUT2D eigenvalue weighted by Crippen LogP contribution is 2.26. The van der Waals surface area contributed by atoms with E-state index in [0.29, 0.717) is 6.54 Å². The first-order valence-electron chi connectivity index (χ1n) is 9.35. The number of alkyl halides is 1. The molecule has 0 amide bonds. The van der Waals surface area contributed by atoms with Gasteiger partial charge < -0.3 is 9.64 Å². The molecule has 27 heavy (non-hydrogen) atoms. The van der Waals surface area contributed by atoms with Gasteiger partial charge in [0.2, 0.25) is 0 Å². The summed E-state index contributed by atoms with van der Waals surface area (Å²) in [6.45, 7) is 4.00. The Morgan fingerprint density at radius 2 is 1.74 bits per heavy atom. The van der Waals surface area contributed by atoms with Crippen molar-refractivity contribution in [2.24, 2.45) is 0 Å². The average Bonchev–Trinajstić information content (AvgIpc) is 2.74. The molecular formula is C22H24FN3O. The number of rotatable bonds is 5. The molecule has 0 atom stereocenters. The Morgan fingerprint density at radius 1 is 0.963 bits per heavy atom. The van der Waals surface area contributed by atoms with E-state index in [4.69, 9.17) is 9.72 Å². The summed E-state index contributed by atoms with van der Waals surface area (Å²) in [5, 5.41) is 1.07. The van der Waals surface area contributed by atoms with Crippen LogP contribution in [0.25, 0.3) is 22.2 Å². The zero-order valence-corrected chi connectivity index (χ0v) is 15.6. The first-order valence-corrected chi connectivity index (χ1v) is 9.35. The summed E-state index contributed by atoms with van der Waals surface area (Å²) in [6.07, 6.45) is 0. The average molecular weight is 365 g/mol. The summed E-state index contributed by atoms with van der Waals surface area (Å²) < 4.78 is 17.7. The van der Waals surface area contributed by atoms with Gasteiger partial charge in [-0.05, 0) is 36.4 Å². The molecule has 3 aromatic rings. The fourth-order valence-electron chi connectivity index (χ4n) is 3.58. The van der Waals surface area contributed by atoms with Gasteiger partial charge in [0.1, 0.15) is 12.4 Å². The van der Waals surface area contributed by atoms with Gasteiger partial charge in [-0.15, -0.1) is 0 Å². The van der Waals surface area contributed by atoms with Crippen molar-refractivity contribution in [3.8, 4) is 17.0 Å². The number of piperazine rings is 1. The van der Waals surface area contributed by atoms with Crippen molar-refractivity contribution in [2.75, 3.05) is 51.4 Å². The number of hydrogen-bond acceptors (Lipinski definition) is 4. The lowest BCUT2D eigenvalue weighted by atomic mass is 10.1. The highest BCUT2D eigenvalue weighted by molar-refractivity contribution is 5.83. The number of nitrogens with zero attached hydrogens (tertiary/aromatic N) is 3. The van der Waals surface area contributed by atoms with E-state index in [9.17, 15) is 4.39 Å². The molecule has 2 aromatic carbocycles. The number of benzene rings is 2. The van der Waals surface area contributed by atoms with Crippen molar-refractivity contribution in [2.45, 2.75) is 0 Å². The Bertz CT molecular complexity index is 905. The standard InChI is InChI=1S/C22H24FN3O/c1-27-20-7-9-22-18(16-20)4-8-21(24-22)17-2-5-19(6-3-17)26-14-12-25(11-10-23)13-15-26/h2-9,16H,10-15H2,1H3. The second-order valence-corrected chi connectivity index (χ2v) is 6.82. The highest BCUT2D eigenvalue weighted by Gasteiger charge is 2.16. The number of pyridine rings is 1. The van der Waals surface area contributed by atoms with Crippen LogP contribution < -0.4 is 9.64 Å². The molecule has 1 fully saturated rings. The molecule has 0 radical (unpaired) electrons. The van der Waals surface area contributed by atoms with Crippen molar-refractivity contribution in [1.29, 1.82) is 0 Å². The van der Waals surface area contributed by atoms with Gasteiger partial charge >= 0.3 is 0 Å². The molecule has 0 saturated carbocycles. The lowest BCUT2D eigenvalue weighted by Gasteiger charge is -2.35. The number of ether oxygens (including phenoxy) is 1. The molecule has 1 aliphatic heterocycles. The van der Waals surface area contributed by atoms with Crippen molar-refractivity contribution >= 4 is 16.6 Å². The maximum Gasteiger partial charge on any atom is 0.119 e. The van der Waals surface area contributed by atoms with Crippen LogP contribution in [0.2, 0.25) is 0 Å². The van der Waals surface area contributed by atoms with E-state index >= 15 is 0 Å². The van der Waals surface area contributed by atoms with Gasteiger partial charge in [-0.25, -0.2) is 9.37 Å². The predicted molar refractivity (Wildman–Crippen MR) is 108 cm³/mol. The van der Waals surface area contributed by atoms with Crippen LogP contribution in [0.4, 0.5) is 10.1 Å². The van der Waals surface area contributed by atoms with E-state index in [1.807, 2.05) is 24.3 Å². The molecule has 0 bridgehead atoms. The Hall–Kier alpha value is -2.66. The normalized spacial score (nSPS) is 15.3. The van der Waals surface area contributed by atoms with E-state index in [-0.39, 0.29) is 6.67 Å². The molecule has 2 heterocycles. The first-order chi connectivity index (χ1) is 13.3. The van der Waals surface area contributed by atoms with Gasteiger partial charge in [0.25, 0.3) is 0 Å². The van der Waals surface area contributed by atoms with E-state index in [0.717, 1.165) is 54.1 Å². The number of halogens is 1. The van der Waals surface area contributed by atoms with Gasteiger partial charge in [0.05, 0.1) is 18.3 Å². The third-order valence-corrected chi connectivity index (χ3v) is 5.20. The molecule has 4 rings (SSSR count). The second-order valence-electron chi connectivity index (χ2n) is 6.82. The summed E-state index contributed by atoms with van der Waals surface area (Å²) in [7, 11) is 1.67. The topological polar surface area (TPSA) is 28.6 Å². The van der Waals surface area contributed by atoms with Crippen LogP contribution in [0.3, 0.4) is 0 Å². The molecule has 0 aliphatic carbocycles. The Kier molecular flexibility index (Phi) is 5.21. The van der Waals surface area contributed by atoms with Gasteiger partial charge in [-0.2, -0.15) is 0 Å². The molecule has 5 heteroatoms. The Balaban J connectivity index is 1.50. The zero-order chi connectivity index (χ0) is 18.6. The lowest BCUT2D eigenvalue weighted by Crippen LogP contribution is -2.47. The number of hydrogen-bond donors (Lipinski definition) is 0. The molecule has 140 valence electrons. The first kappa shape index (κ1) is 17.7. The van der Waals surface area contributed by atoms with E-state index in [1.54, 1.807) is 7.11 Å². The van der Waals surface area contributed by atoms with E-state index < -0.39 is 0 Å². The van der Waals surface area contributed by atoms with Crippen LogP contribution in [0.5, 0.6) is 5.75 Å². The van der Waals surface area contributed by atoms with E-state index in [1.165, 1.54) is 5.69 Å². The molecule has 1 saturated heterocycles. The maximum absolute atomic E-state index is 12.5. The highest BCUT2D eigenvalue weighted by atomic mass is 19.1. The lowest BCUT2D eigenvalue weighted by molar-refractivity contribution is 0.235. The van der Waals surface area contributed by atoms with Gasteiger partial charge in [-0.3, -0.25) is 4.90 Å². The number of aromatic nitrogens is 1. The third kappa shape index (κ3) is 3.88. The largest absolute Gasteiger partial charge is 0.497 e. The van der Waals surface area contributed by atoms with Crippen LogP contribution in [0, 0.1) is 0 Å². The minimum atomic E-state index is -0.264. The van der Waals surface area contributed by atoms with Crippen molar-refractivity contribution in [3.63, 3.8) is 0 Å². The predicted octanol–water partition coefficient (Wildman–Crippen LogP) is 4.00. The third-order valence-electron chi connectivity index (χ3n) is 5.20. The number of fused-ring (bicyclic) bond motifs is 1. The van der Waals surface area contributed by atoms with Crippen molar-refractivity contribution in [3.05, 3.63) is 54.6 Å². The fourth-order valence-corrected chi connectivity index (χ4v) is 3.58. The van der Waals surface area contributed by atoms with Gasteiger partial charge in [0, 0.05) is 49.4 Å². The van der Waals surface area contributed by atoms with Gasteiger partial charge in [-0.1, -0.05) is 18.2 Å². The van der Waals surface area contributed by atoms with Crippen LogP contribution in [0.1, 0.15) is 0 Å². The number of methoxy groups -OCH3 is 1. The molecular weight excluding hydrogens is 341 g/mol. The monoisotopic (exact) mass is 365 g/mol. The quantitative estimate of drug-likeness (QED) is 0.683. The SMILES string of the molecule is COc1ccc2nc(-c3ccc(N4CCN(CCF)CC4)cc3)ccc2c1. The van der Waals surface area contributed by atoms with Crippen LogP contribution in [0.15, 0.2) is 54.6 Å². The minimum Gasteiger partial charge on any atom is -0.497 e. The van der Waals surface area contributed by atoms with Crippen LogP contribution >= 0.6 is 0 Å². The summed E-state index contributed by atoms with van der Waals surface area (Å²) in [6, 6.07) is 18.6. The van der Waals surface area contributed by atoms with Crippen LogP contribution in [-0.2, 0) is 0 Å². The molecule has 1 aliphatic rings. The zero-order valence-electron chi connectivity index (χ0n) is 15.6. The Labute approximate surface area is 159 Å². The molecule has 4 nitrogen and oxygen atoms in total. The Morgan fingerprint density at radius 3 is 2.44 bits per heavy atom. The van der Waals surface area contributed by atoms with E-state index in [2.05, 4.69) is 40.1 Å². The summed E-state index contributed by atoms with van der Waals surface area (Å²) in [4.78, 5) is 9.32. The van der Waals surface area contributed by atoms with Crippen molar-refractivity contribution in [1.82, 2.24) is 9.88 Å². The minimum absolute atomic E-state index is 0.264. The maximum atomic E-state index is 12.5. The fraction of sp³-hybridized carbons (Fsp3) is 0.318. The van der Waals surface area contributed by atoms with Gasteiger partial charge in [0.15, 0.2) is 0 Å². The molecule has 0 N–H and O–H groups in total. The molecule has 0 unspecified atom stereocenters. The van der Waals surface area contributed by atoms with Crippen molar-refractivity contribution < 1.29 is 9.13 Å². The number of anilines is 1. The second kappa shape index (κ2) is 7.92. The molecule has 1 aromatic heterocycles. The molecule has 0 spiro atoms. The summed E-state index contributed by atoms with van der Waals surface area (Å²) in [5.74, 6) is 0.841. The summed E-state index contributed by atoms with van der Waals surface area (Å²) >= 11 is 0. The summed E-state index contributed by atoms with van der Waals surface area (Å²) in [5.41, 5.74) is 4.24.